The van der Waals surface area contributed by atoms with E-state index in [1.165, 1.54) is 18.6 Å². The molecule has 6 nitrogen and oxygen atoms in total. The van der Waals surface area contributed by atoms with Gasteiger partial charge in [-0.05, 0) is 18.2 Å². The highest BCUT2D eigenvalue weighted by Gasteiger charge is 2.10. The monoisotopic (exact) mass is 290 g/mol. The van der Waals surface area contributed by atoms with Gasteiger partial charge >= 0.3 is 11.9 Å². The number of pyridine rings is 2. The van der Waals surface area contributed by atoms with Gasteiger partial charge in [0.2, 0.25) is 0 Å². The second kappa shape index (κ2) is 7.09. The number of esters is 2. The SMILES string of the molecule is O=C(OCCOC(=O)c1cncc(F)c1)c1cccnc1. The molecular formula is C14H11FN2O4. The summed E-state index contributed by atoms with van der Waals surface area (Å²) in [4.78, 5) is 30.4. The second-order valence-electron chi connectivity index (χ2n) is 3.91. The summed E-state index contributed by atoms with van der Waals surface area (Å²) < 4.78 is 22.6. The average molecular weight is 290 g/mol. The molecule has 2 aromatic rings. The highest BCUT2D eigenvalue weighted by molar-refractivity contribution is 5.89. The third-order valence-electron chi connectivity index (χ3n) is 2.39. The molecule has 0 unspecified atom stereocenters. The van der Waals surface area contributed by atoms with E-state index in [-0.39, 0.29) is 18.8 Å². The number of nitrogens with zero attached hydrogens (tertiary/aromatic N) is 2. The highest BCUT2D eigenvalue weighted by atomic mass is 19.1. The fourth-order valence-electron chi connectivity index (χ4n) is 1.44. The largest absolute Gasteiger partial charge is 0.458 e. The summed E-state index contributed by atoms with van der Waals surface area (Å²) in [6.07, 6.45) is 5.07. The van der Waals surface area contributed by atoms with E-state index in [1.54, 1.807) is 12.1 Å². The van der Waals surface area contributed by atoms with Gasteiger partial charge in [-0.1, -0.05) is 0 Å². The molecule has 2 rings (SSSR count). The van der Waals surface area contributed by atoms with Crippen molar-refractivity contribution in [3.63, 3.8) is 0 Å². The molecule has 0 aromatic carbocycles. The van der Waals surface area contributed by atoms with Gasteiger partial charge in [-0.15, -0.1) is 0 Å². The second-order valence-corrected chi connectivity index (χ2v) is 3.91. The van der Waals surface area contributed by atoms with Crippen molar-refractivity contribution in [2.75, 3.05) is 13.2 Å². The number of hydrogen-bond acceptors (Lipinski definition) is 6. The van der Waals surface area contributed by atoms with Crippen LogP contribution in [0.2, 0.25) is 0 Å². The molecule has 0 bridgehead atoms. The number of ether oxygens (including phenoxy) is 2. The summed E-state index contributed by atoms with van der Waals surface area (Å²) in [5, 5.41) is 0. The van der Waals surface area contributed by atoms with Gasteiger partial charge in [0.25, 0.3) is 0 Å². The number of hydrogen-bond donors (Lipinski definition) is 0. The van der Waals surface area contributed by atoms with Crippen molar-refractivity contribution in [2.45, 2.75) is 0 Å². The summed E-state index contributed by atoms with van der Waals surface area (Å²) >= 11 is 0. The lowest BCUT2D eigenvalue weighted by Crippen LogP contribution is -2.14. The average Bonchev–Trinajstić information content (AvgIpc) is 2.52. The molecule has 2 heterocycles. The lowest BCUT2D eigenvalue weighted by molar-refractivity contribution is 0.0265. The number of carbonyl (C=O) groups excluding carboxylic acids is 2. The molecule has 0 atom stereocenters. The molecule has 21 heavy (non-hydrogen) atoms. The molecule has 0 fully saturated rings. The fraction of sp³-hybridized carbons (Fsp3) is 0.143. The minimum atomic E-state index is -0.737. The predicted molar refractivity (Wildman–Crippen MR) is 69.0 cm³/mol. The first-order chi connectivity index (χ1) is 10.2. The zero-order valence-corrected chi connectivity index (χ0v) is 10.9. The topological polar surface area (TPSA) is 78.4 Å². The molecule has 0 spiro atoms. The Morgan fingerprint density at radius 1 is 1.00 bits per heavy atom. The molecule has 0 amide bonds. The maximum absolute atomic E-state index is 12.9. The molecule has 0 N–H and O–H groups in total. The highest BCUT2D eigenvalue weighted by Crippen LogP contribution is 2.03. The van der Waals surface area contributed by atoms with E-state index in [4.69, 9.17) is 9.47 Å². The first-order valence-electron chi connectivity index (χ1n) is 6.01. The molecule has 7 heteroatoms. The van der Waals surface area contributed by atoms with Crippen LogP contribution in [0.1, 0.15) is 20.7 Å². The summed E-state index contributed by atoms with van der Waals surface area (Å²) in [6, 6.07) is 4.17. The van der Waals surface area contributed by atoms with Crippen molar-refractivity contribution in [2.24, 2.45) is 0 Å². The molecule has 0 saturated heterocycles. The van der Waals surface area contributed by atoms with Crippen LogP contribution in [0.3, 0.4) is 0 Å². The van der Waals surface area contributed by atoms with Crippen LogP contribution >= 0.6 is 0 Å². The van der Waals surface area contributed by atoms with Crippen molar-refractivity contribution in [3.05, 3.63) is 59.9 Å². The van der Waals surface area contributed by atoms with E-state index in [9.17, 15) is 14.0 Å². The van der Waals surface area contributed by atoms with Crippen LogP contribution in [0.5, 0.6) is 0 Å². The van der Waals surface area contributed by atoms with Gasteiger partial charge in [-0.3, -0.25) is 9.97 Å². The fourth-order valence-corrected chi connectivity index (χ4v) is 1.44. The van der Waals surface area contributed by atoms with Crippen LogP contribution in [0.15, 0.2) is 43.0 Å². The number of carbonyl (C=O) groups is 2. The van der Waals surface area contributed by atoms with Crippen molar-refractivity contribution in [3.8, 4) is 0 Å². The minimum Gasteiger partial charge on any atom is -0.458 e. The minimum absolute atomic E-state index is 0.00594. The lowest BCUT2D eigenvalue weighted by Gasteiger charge is -2.06. The van der Waals surface area contributed by atoms with Crippen LogP contribution < -0.4 is 0 Å². The van der Waals surface area contributed by atoms with E-state index in [1.807, 2.05) is 0 Å². The maximum atomic E-state index is 12.9. The quantitative estimate of drug-likeness (QED) is 0.615. The van der Waals surface area contributed by atoms with Crippen LogP contribution in [-0.4, -0.2) is 35.1 Å². The van der Waals surface area contributed by atoms with Crippen LogP contribution in [0.4, 0.5) is 4.39 Å². The van der Waals surface area contributed by atoms with Crippen molar-refractivity contribution in [1.29, 1.82) is 0 Å². The van der Waals surface area contributed by atoms with Crippen molar-refractivity contribution in [1.82, 2.24) is 9.97 Å². The van der Waals surface area contributed by atoms with Gasteiger partial charge in [-0.25, -0.2) is 14.0 Å². The first kappa shape index (κ1) is 14.6. The Hall–Kier alpha value is -2.83. The third-order valence-corrected chi connectivity index (χ3v) is 2.39. The van der Waals surface area contributed by atoms with Gasteiger partial charge in [0.1, 0.15) is 19.0 Å². The third kappa shape index (κ3) is 4.34. The van der Waals surface area contributed by atoms with Gasteiger partial charge < -0.3 is 9.47 Å². The van der Waals surface area contributed by atoms with Crippen molar-refractivity contribution < 1.29 is 23.5 Å². The van der Waals surface area contributed by atoms with Crippen LogP contribution in [0, 0.1) is 5.82 Å². The Kier molecular flexibility index (Phi) is 4.92. The van der Waals surface area contributed by atoms with Gasteiger partial charge in [0.05, 0.1) is 17.3 Å². The summed E-state index contributed by atoms with van der Waals surface area (Å²) in [6.45, 7) is -0.246. The number of halogens is 1. The normalized spacial score (nSPS) is 9.95. The number of aromatic nitrogens is 2. The number of rotatable bonds is 5. The van der Waals surface area contributed by atoms with Gasteiger partial charge in [0, 0.05) is 18.6 Å². The molecule has 0 aliphatic carbocycles. The smallest absolute Gasteiger partial charge is 0.339 e. The molecule has 2 aromatic heterocycles. The molecule has 0 saturated carbocycles. The van der Waals surface area contributed by atoms with E-state index >= 15 is 0 Å². The van der Waals surface area contributed by atoms with Crippen molar-refractivity contribution >= 4 is 11.9 Å². The van der Waals surface area contributed by atoms with Crippen LogP contribution in [-0.2, 0) is 9.47 Å². The van der Waals surface area contributed by atoms with Gasteiger partial charge in [0.15, 0.2) is 0 Å². The Balaban J connectivity index is 1.75. The lowest BCUT2D eigenvalue weighted by atomic mass is 10.3. The Morgan fingerprint density at radius 3 is 2.29 bits per heavy atom. The van der Waals surface area contributed by atoms with E-state index in [0.29, 0.717) is 5.56 Å². The van der Waals surface area contributed by atoms with E-state index in [2.05, 4.69) is 9.97 Å². The summed E-state index contributed by atoms with van der Waals surface area (Å²) in [7, 11) is 0. The molecule has 0 aliphatic rings. The zero-order valence-electron chi connectivity index (χ0n) is 10.9. The van der Waals surface area contributed by atoms with E-state index in [0.717, 1.165) is 12.3 Å². The van der Waals surface area contributed by atoms with Gasteiger partial charge in [-0.2, -0.15) is 0 Å². The van der Waals surface area contributed by atoms with E-state index < -0.39 is 17.8 Å². The molecule has 0 aliphatic heterocycles. The molecular weight excluding hydrogens is 279 g/mol. The Bertz CT molecular complexity index is 634. The molecule has 0 radical (unpaired) electrons. The summed E-state index contributed by atoms with van der Waals surface area (Å²) in [5.41, 5.74) is 0.298. The summed E-state index contributed by atoms with van der Waals surface area (Å²) in [5.74, 6) is -1.93. The van der Waals surface area contributed by atoms with Crippen LogP contribution in [0.25, 0.3) is 0 Å². The maximum Gasteiger partial charge on any atom is 0.339 e. The Labute approximate surface area is 119 Å². The zero-order chi connectivity index (χ0) is 15.1. The standard InChI is InChI=1S/C14H11FN2O4/c15-12-6-11(8-17-9-12)14(19)21-5-4-20-13(18)10-2-1-3-16-7-10/h1-3,6-9H,4-5H2. The Morgan fingerprint density at radius 2 is 1.67 bits per heavy atom. The molecule has 108 valence electrons. The predicted octanol–water partition coefficient (Wildman–Crippen LogP) is 1.63. The first-order valence-corrected chi connectivity index (χ1v) is 6.01.